The summed E-state index contributed by atoms with van der Waals surface area (Å²) < 4.78 is 0. The Labute approximate surface area is 150 Å². The summed E-state index contributed by atoms with van der Waals surface area (Å²) in [5.74, 6) is -0.242. The molecule has 0 fully saturated rings. The number of fused-ring (bicyclic) bond motifs is 1. The topological polar surface area (TPSA) is 74.6 Å². The maximum atomic E-state index is 11.9. The minimum atomic E-state index is -0.174. The molecular weight excluding hydrogens is 338 g/mol. The first-order valence-corrected chi connectivity index (χ1v) is 8.15. The van der Waals surface area contributed by atoms with Crippen molar-refractivity contribution < 1.29 is 9.90 Å². The molecule has 0 aliphatic rings. The van der Waals surface area contributed by atoms with E-state index >= 15 is 0 Å². The molecule has 3 aromatic rings. The highest BCUT2D eigenvalue weighted by Crippen LogP contribution is 2.32. The SMILES string of the molecule is O=C(CCc1ccccc1)N/N=C\c1cc(Cl)c(O)c2ncccc12. The molecule has 1 aromatic heterocycles. The number of aromatic nitrogens is 1. The maximum Gasteiger partial charge on any atom is 0.240 e. The van der Waals surface area contributed by atoms with Crippen LogP contribution in [0.5, 0.6) is 5.75 Å². The van der Waals surface area contributed by atoms with E-state index in [1.165, 1.54) is 6.21 Å². The number of pyridine rings is 1. The molecule has 0 aliphatic carbocycles. The largest absolute Gasteiger partial charge is 0.504 e. The van der Waals surface area contributed by atoms with Crippen molar-refractivity contribution in [1.29, 1.82) is 0 Å². The van der Waals surface area contributed by atoms with Crippen molar-refractivity contribution in [1.82, 2.24) is 10.4 Å². The third-order valence-corrected chi connectivity index (χ3v) is 4.02. The van der Waals surface area contributed by atoms with E-state index in [-0.39, 0.29) is 16.7 Å². The molecule has 1 heterocycles. The molecule has 2 aromatic carbocycles. The fraction of sp³-hybridized carbons (Fsp3) is 0.105. The third-order valence-electron chi connectivity index (χ3n) is 3.73. The summed E-state index contributed by atoms with van der Waals surface area (Å²) in [6, 6.07) is 14.9. The lowest BCUT2D eigenvalue weighted by Crippen LogP contribution is -2.17. The number of phenolic OH excluding ortho intramolecular Hbond substituents is 1. The van der Waals surface area contributed by atoms with Gasteiger partial charge >= 0.3 is 0 Å². The molecule has 0 atom stereocenters. The standard InChI is InChI=1S/C19H16ClN3O2/c20-16-11-14(15-7-4-10-21-18(15)19(16)25)12-22-23-17(24)9-8-13-5-2-1-3-6-13/h1-7,10-12,25H,8-9H2,(H,23,24)/b22-12-. The highest BCUT2D eigenvalue weighted by molar-refractivity contribution is 6.33. The zero-order chi connectivity index (χ0) is 17.6. The predicted octanol–water partition coefficient (Wildman–Crippen LogP) is 3.68. The van der Waals surface area contributed by atoms with E-state index in [9.17, 15) is 9.90 Å². The summed E-state index contributed by atoms with van der Waals surface area (Å²) in [5.41, 5.74) is 4.66. The second kappa shape index (κ2) is 7.77. The number of hydrogen-bond donors (Lipinski definition) is 2. The van der Waals surface area contributed by atoms with Crippen LogP contribution in [0.1, 0.15) is 17.5 Å². The second-order valence-corrected chi connectivity index (χ2v) is 5.88. The molecule has 6 heteroatoms. The van der Waals surface area contributed by atoms with Crippen LogP contribution in [-0.2, 0) is 11.2 Å². The lowest BCUT2D eigenvalue weighted by Gasteiger charge is -2.06. The van der Waals surface area contributed by atoms with Gasteiger partial charge in [0.05, 0.1) is 11.2 Å². The third kappa shape index (κ3) is 4.14. The first-order valence-electron chi connectivity index (χ1n) is 7.77. The lowest BCUT2D eigenvalue weighted by molar-refractivity contribution is -0.121. The molecule has 0 aliphatic heterocycles. The normalized spacial score (nSPS) is 11.1. The smallest absolute Gasteiger partial charge is 0.240 e. The Morgan fingerprint density at radius 1 is 1.24 bits per heavy atom. The van der Waals surface area contributed by atoms with Gasteiger partial charge in [0.1, 0.15) is 5.52 Å². The monoisotopic (exact) mass is 353 g/mol. The Hall–Kier alpha value is -2.92. The van der Waals surface area contributed by atoms with Crippen LogP contribution in [0.25, 0.3) is 10.9 Å². The van der Waals surface area contributed by atoms with E-state index in [2.05, 4.69) is 15.5 Å². The summed E-state index contributed by atoms with van der Waals surface area (Å²) >= 11 is 6.01. The van der Waals surface area contributed by atoms with Gasteiger partial charge in [0, 0.05) is 23.6 Å². The number of phenols is 1. The number of carbonyl (C=O) groups is 1. The van der Waals surface area contributed by atoms with Gasteiger partial charge in [0.25, 0.3) is 0 Å². The molecule has 5 nitrogen and oxygen atoms in total. The number of benzene rings is 2. The fourth-order valence-corrected chi connectivity index (χ4v) is 2.67. The van der Waals surface area contributed by atoms with Crippen LogP contribution in [0.4, 0.5) is 0 Å². The van der Waals surface area contributed by atoms with Crippen molar-refractivity contribution in [2.24, 2.45) is 5.10 Å². The number of hydrogen-bond acceptors (Lipinski definition) is 4. The van der Waals surface area contributed by atoms with Crippen molar-refractivity contribution in [3.05, 3.63) is 70.9 Å². The molecule has 2 N–H and O–H groups in total. The summed E-state index contributed by atoms with van der Waals surface area (Å²) in [7, 11) is 0. The Morgan fingerprint density at radius 2 is 2.04 bits per heavy atom. The van der Waals surface area contributed by atoms with Gasteiger partial charge in [-0.1, -0.05) is 48.0 Å². The Morgan fingerprint density at radius 3 is 2.84 bits per heavy atom. The van der Waals surface area contributed by atoms with E-state index in [1.54, 1.807) is 24.4 Å². The number of aromatic hydroxyl groups is 1. The van der Waals surface area contributed by atoms with Gasteiger partial charge in [-0.15, -0.1) is 0 Å². The molecule has 25 heavy (non-hydrogen) atoms. The van der Waals surface area contributed by atoms with Crippen LogP contribution in [0.3, 0.4) is 0 Å². The number of nitrogens with zero attached hydrogens (tertiary/aromatic N) is 2. The van der Waals surface area contributed by atoms with Gasteiger partial charge in [-0.25, -0.2) is 5.43 Å². The molecule has 126 valence electrons. The summed E-state index contributed by atoms with van der Waals surface area (Å²) in [6.07, 6.45) is 4.07. The van der Waals surface area contributed by atoms with Gasteiger partial charge < -0.3 is 5.11 Å². The lowest BCUT2D eigenvalue weighted by atomic mass is 10.1. The van der Waals surface area contributed by atoms with Crippen LogP contribution in [-0.4, -0.2) is 22.2 Å². The van der Waals surface area contributed by atoms with Crippen LogP contribution in [0, 0.1) is 0 Å². The fourth-order valence-electron chi connectivity index (χ4n) is 2.46. The van der Waals surface area contributed by atoms with Gasteiger partial charge in [-0.05, 0) is 24.1 Å². The summed E-state index contributed by atoms with van der Waals surface area (Å²) in [6.45, 7) is 0. The molecule has 0 bridgehead atoms. The number of amides is 1. The van der Waals surface area contributed by atoms with Crippen LogP contribution < -0.4 is 5.43 Å². The van der Waals surface area contributed by atoms with Crippen molar-refractivity contribution in [2.45, 2.75) is 12.8 Å². The average molecular weight is 354 g/mol. The van der Waals surface area contributed by atoms with E-state index in [4.69, 9.17) is 11.6 Å². The van der Waals surface area contributed by atoms with E-state index in [0.717, 1.165) is 5.56 Å². The minimum Gasteiger partial charge on any atom is -0.504 e. The maximum absolute atomic E-state index is 11.9. The molecule has 3 rings (SSSR count). The number of carbonyl (C=O) groups excluding carboxylic acids is 1. The van der Waals surface area contributed by atoms with Crippen molar-refractivity contribution >= 4 is 34.6 Å². The van der Waals surface area contributed by atoms with Crippen molar-refractivity contribution in [2.75, 3.05) is 0 Å². The Kier molecular flexibility index (Phi) is 5.26. The number of rotatable bonds is 5. The van der Waals surface area contributed by atoms with Gasteiger partial charge in [-0.2, -0.15) is 5.10 Å². The van der Waals surface area contributed by atoms with E-state index in [0.29, 0.717) is 29.3 Å². The van der Waals surface area contributed by atoms with Gasteiger partial charge in [-0.3, -0.25) is 9.78 Å². The predicted molar refractivity (Wildman–Crippen MR) is 98.9 cm³/mol. The van der Waals surface area contributed by atoms with Crippen LogP contribution >= 0.6 is 11.6 Å². The van der Waals surface area contributed by atoms with Gasteiger partial charge in [0.2, 0.25) is 5.91 Å². The summed E-state index contributed by atoms with van der Waals surface area (Å²) in [5, 5.41) is 14.8. The van der Waals surface area contributed by atoms with Crippen LogP contribution in [0.15, 0.2) is 59.8 Å². The quantitative estimate of drug-likeness (QED) is 0.542. The van der Waals surface area contributed by atoms with Gasteiger partial charge in [0.15, 0.2) is 5.75 Å². The minimum absolute atomic E-state index is 0.0682. The number of halogens is 1. The highest BCUT2D eigenvalue weighted by atomic mass is 35.5. The Bertz CT molecular complexity index is 927. The molecule has 0 saturated heterocycles. The first kappa shape index (κ1) is 16.9. The molecule has 0 spiro atoms. The molecule has 1 amide bonds. The zero-order valence-electron chi connectivity index (χ0n) is 13.3. The second-order valence-electron chi connectivity index (χ2n) is 5.47. The molecule has 0 unspecified atom stereocenters. The van der Waals surface area contributed by atoms with E-state index < -0.39 is 0 Å². The first-order chi connectivity index (χ1) is 12.1. The Balaban J connectivity index is 1.67. The summed E-state index contributed by atoms with van der Waals surface area (Å²) in [4.78, 5) is 16.0. The van der Waals surface area contributed by atoms with E-state index in [1.807, 2.05) is 30.3 Å². The average Bonchev–Trinajstić information content (AvgIpc) is 2.65. The highest BCUT2D eigenvalue weighted by Gasteiger charge is 2.09. The molecule has 0 radical (unpaired) electrons. The number of nitrogens with one attached hydrogen (secondary N) is 1. The van der Waals surface area contributed by atoms with Crippen LogP contribution in [0.2, 0.25) is 5.02 Å². The zero-order valence-corrected chi connectivity index (χ0v) is 14.1. The molecular formula is C19H16ClN3O2. The van der Waals surface area contributed by atoms with Crippen molar-refractivity contribution in [3.8, 4) is 5.75 Å². The van der Waals surface area contributed by atoms with Crippen molar-refractivity contribution in [3.63, 3.8) is 0 Å². The number of aryl methyl sites for hydroxylation is 1. The molecule has 0 saturated carbocycles. The number of hydrazone groups is 1.